The molecule has 0 spiro atoms. The molecular weight excluding hydrogens is 197 g/mol. The van der Waals surface area contributed by atoms with Gasteiger partial charge in [0, 0.05) is 12.8 Å². The van der Waals surface area contributed by atoms with Gasteiger partial charge in [-0.2, -0.15) is 13.2 Å². The summed E-state index contributed by atoms with van der Waals surface area (Å²) in [7, 11) is 0. The van der Waals surface area contributed by atoms with Gasteiger partial charge in [-0.15, -0.1) is 0 Å². The second-order valence-corrected chi connectivity index (χ2v) is 3.76. The van der Waals surface area contributed by atoms with Crippen LogP contribution in [0.3, 0.4) is 0 Å². The largest absolute Gasteiger partial charge is 0.417 e. The van der Waals surface area contributed by atoms with Crippen LogP contribution in [-0.4, -0.2) is 29.6 Å². The van der Waals surface area contributed by atoms with E-state index in [0.717, 1.165) is 6.42 Å². The van der Waals surface area contributed by atoms with Gasteiger partial charge in [-0.3, -0.25) is 0 Å². The zero-order valence-electron chi connectivity index (χ0n) is 8.10. The molecule has 2 unspecified atom stereocenters. The molecule has 0 bridgehead atoms. The quantitative estimate of drug-likeness (QED) is 0.760. The van der Waals surface area contributed by atoms with Crippen molar-refractivity contribution in [1.82, 2.24) is 0 Å². The monoisotopic (exact) mass is 212 g/mol. The molecule has 14 heavy (non-hydrogen) atoms. The van der Waals surface area contributed by atoms with E-state index in [2.05, 4.69) is 0 Å². The average Bonchev–Trinajstić information content (AvgIpc) is 2.03. The van der Waals surface area contributed by atoms with Crippen molar-refractivity contribution in [3.8, 4) is 0 Å². The summed E-state index contributed by atoms with van der Waals surface area (Å²) >= 11 is 0. The summed E-state index contributed by atoms with van der Waals surface area (Å²) in [4.78, 5) is 0. The minimum Gasteiger partial charge on any atom is -0.380 e. The Morgan fingerprint density at radius 3 is 2.64 bits per heavy atom. The summed E-state index contributed by atoms with van der Waals surface area (Å²) in [6.45, 7) is 1.87. The highest BCUT2D eigenvalue weighted by molar-refractivity contribution is 4.91. The molecule has 0 aliphatic carbocycles. The van der Waals surface area contributed by atoms with Crippen LogP contribution in [0.4, 0.5) is 13.2 Å². The molecule has 0 amide bonds. The first-order valence-electron chi connectivity index (χ1n) is 4.80. The molecular formula is C9H15F3O2. The molecule has 5 heteroatoms. The van der Waals surface area contributed by atoms with Crippen LogP contribution < -0.4 is 0 Å². The van der Waals surface area contributed by atoms with Crippen LogP contribution >= 0.6 is 0 Å². The van der Waals surface area contributed by atoms with Gasteiger partial charge >= 0.3 is 6.18 Å². The second kappa shape index (κ2) is 4.06. The van der Waals surface area contributed by atoms with Gasteiger partial charge in [-0.05, 0) is 6.42 Å². The van der Waals surface area contributed by atoms with Crippen molar-refractivity contribution in [3.63, 3.8) is 0 Å². The van der Waals surface area contributed by atoms with Crippen molar-refractivity contribution >= 4 is 0 Å². The molecule has 0 aromatic heterocycles. The van der Waals surface area contributed by atoms with Gasteiger partial charge in [0.05, 0.1) is 12.7 Å². The molecule has 1 heterocycles. The second-order valence-electron chi connectivity index (χ2n) is 3.76. The van der Waals surface area contributed by atoms with Gasteiger partial charge in [-0.25, -0.2) is 0 Å². The lowest BCUT2D eigenvalue weighted by molar-refractivity contribution is -0.288. The molecule has 2 atom stereocenters. The Morgan fingerprint density at radius 2 is 2.14 bits per heavy atom. The maximum Gasteiger partial charge on any atom is 0.417 e. The number of hydrogen-bond donors (Lipinski definition) is 1. The normalized spacial score (nSPS) is 34.5. The summed E-state index contributed by atoms with van der Waals surface area (Å²) in [5, 5.41) is 9.40. The highest BCUT2D eigenvalue weighted by atomic mass is 19.4. The predicted molar refractivity (Wildman–Crippen MR) is 44.9 cm³/mol. The van der Waals surface area contributed by atoms with Crippen LogP contribution in [0.2, 0.25) is 0 Å². The predicted octanol–water partition coefficient (Wildman–Crippen LogP) is 2.26. The van der Waals surface area contributed by atoms with E-state index >= 15 is 0 Å². The molecule has 0 aromatic carbocycles. The van der Waals surface area contributed by atoms with Crippen molar-refractivity contribution in [2.75, 3.05) is 6.61 Å². The minimum absolute atomic E-state index is 0.0132. The zero-order chi connectivity index (χ0) is 10.8. The highest BCUT2D eigenvalue weighted by Crippen LogP contribution is 2.40. The Balaban J connectivity index is 2.62. The fourth-order valence-electron chi connectivity index (χ4n) is 1.70. The topological polar surface area (TPSA) is 29.5 Å². The summed E-state index contributed by atoms with van der Waals surface area (Å²) < 4.78 is 42.4. The fourth-order valence-corrected chi connectivity index (χ4v) is 1.70. The molecule has 0 aromatic rings. The Kier molecular flexibility index (Phi) is 3.42. The molecule has 84 valence electrons. The third-order valence-corrected chi connectivity index (χ3v) is 2.57. The van der Waals surface area contributed by atoms with Crippen LogP contribution in [0.5, 0.6) is 0 Å². The molecule has 2 nitrogen and oxygen atoms in total. The summed E-state index contributed by atoms with van der Waals surface area (Å²) in [6, 6.07) is 0. The third kappa shape index (κ3) is 2.39. The van der Waals surface area contributed by atoms with Crippen molar-refractivity contribution in [3.05, 3.63) is 0 Å². The standard InChI is InChI=1S/C9H15F3O2/c1-2-3-7-6-8(13,4-5-14-7)9(10,11)12/h7,13H,2-6H2,1H3. The highest BCUT2D eigenvalue weighted by Gasteiger charge is 2.55. The number of hydrogen-bond acceptors (Lipinski definition) is 2. The third-order valence-electron chi connectivity index (χ3n) is 2.57. The van der Waals surface area contributed by atoms with E-state index in [0.29, 0.717) is 6.42 Å². The fraction of sp³-hybridized carbons (Fsp3) is 1.00. The number of rotatable bonds is 2. The summed E-state index contributed by atoms with van der Waals surface area (Å²) in [6.07, 6.45) is -4.35. The van der Waals surface area contributed by atoms with Crippen LogP contribution in [-0.2, 0) is 4.74 Å². The first-order valence-corrected chi connectivity index (χ1v) is 4.80. The van der Waals surface area contributed by atoms with E-state index in [1.54, 1.807) is 0 Å². The van der Waals surface area contributed by atoms with E-state index < -0.39 is 17.9 Å². The smallest absolute Gasteiger partial charge is 0.380 e. The lowest BCUT2D eigenvalue weighted by Crippen LogP contribution is -2.51. The summed E-state index contributed by atoms with van der Waals surface area (Å²) in [5.74, 6) is 0. The van der Waals surface area contributed by atoms with Crippen LogP contribution in [0.25, 0.3) is 0 Å². The number of halogens is 3. The lowest BCUT2D eigenvalue weighted by atomic mass is 9.88. The van der Waals surface area contributed by atoms with Gasteiger partial charge in [-0.1, -0.05) is 13.3 Å². The van der Waals surface area contributed by atoms with Gasteiger partial charge in [0.25, 0.3) is 0 Å². The van der Waals surface area contributed by atoms with Crippen molar-refractivity contribution in [2.24, 2.45) is 0 Å². The van der Waals surface area contributed by atoms with E-state index in [9.17, 15) is 18.3 Å². The van der Waals surface area contributed by atoms with Gasteiger partial charge in [0.15, 0.2) is 5.60 Å². The SMILES string of the molecule is CCCC1CC(O)(C(F)(F)F)CCO1. The van der Waals surface area contributed by atoms with Crippen LogP contribution in [0, 0.1) is 0 Å². The van der Waals surface area contributed by atoms with Gasteiger partial charge < -0.3 is 9.84 Å². The number of aliphatic hydroxyl groups is 1. The molecule has 1 aliphatic heterocycles. The van der Waals surface area contributed by atoms with Crippen molar-refractivity contribution in [1.29, 1.82) is 0 Å². The van der Waals surface area contributed by atoms with Gasteiger partial charge in [0.1, 0.15) is 0 Å². The molecule has 1 aliphatic rings. The van der Waals surface area contributed by atoms with Crippen molar-refractivity contribution < 1.29 is 23.0 Å². The molecule has 1 saturated heterocycles. The molecule has 1 fully saturated rings. The Morgan fingerprint density at radius 1 is 1.50 bits per heavy atom. The summed E-state index contributed by atoms with van der Waals surface area (Å²) in [5.41, 5.74) is -2.54. The first kappa shape index (κ1) is 11.8. The first-order chi connectivity index (χ1) is 6.39. The molecule has 0 radical (unpaired) electrons. The molecule has 0 saturated carbocycles. The van der Waals surface area contributed by atoms with E-state index in [4.69, 9.17) is 4.74 Å². The lowest BCUT2D eigenvalue weighted by Gasteiger charge is -2.37. The number of alkyl halides is 3. The van der Waals surface area contributed by atoms with Gasteiger partial charge in [0.2, 0.25) is 0 Å². The average molecular weight is 212 g/mol. The van der Waals surface area contributed by atoms with Crippen molar-refractivity contribution in [2.45, 2.75) is 50.5 Å². The number of ether oxygens (including phenoxy) is 1. The van der Waals surface area contributed by atoms with Crippen LogP contribution in [0.1, 0.15) is 32.6 Å². The minimum atomic E-state index is -4.54. The maximum atomic E-state index is 12.4. The van der Waals surface area contributed by atoms with Crippen LogP contribution in [0.15, 0.2) is 0 Å². The Bertz CT molecular complexity index is 191. The van der Waals surface area contributed by atoms with E-state index in [1.807, 2.05) is 6.92 Å². The van der Waals surface area contributed by atoms with E-state index in [1.165, 1.54) is 0 Å². The zero-order valence-corrected chi connectivity index (χ0v) is 8.10. The maximum absolute atomic E-state index is 12.4. The molecule has 1 rings (SSSR count). The Labute approximate surface area is 81.1 Å². The van der Waals surface area contributed by atoms with E-state index in [-0.39, 0.29) is 19.4 Å². The Hall–Kier alpha value is -0.290. The molecule has 1 N–H and O–H groups in total.